The van der Waals surface area contributed by atoms with Crippen molar-refractivity contribution in [2.45, 2.75) is 18.7 Å². The summed E-state index contributed by atoms with van der Waals surface area (Å²) in [5.74, 6) is 0. The van der Waals surface area contributed by atoms with Crippen molar-refractivity contribution in [2.24, 2.45) is 0 Å². The third kappa shape index (κ3) is 2.36. The summed E-state index contributed by atoms with van der Waals surface area (Å²) in [6.07, 6.45) is 2.15. The van der Waals surface area contributed by atoms with Crippen LogP contribution >= 0.6 is 11.8 Å². The average Bonchev–Trinajstić information content (AvgIpc) is 2.30. The molecule has 88 valence electrons. The minimum Gasteiger partial charge on any atom is -0.369 e. The van der Waals surface area contributed by atoms with Gasteiger partial charge in [-0.15, -0.1) is 11.8 Å². The highest BCUT2D eigenvalue weighted by Crippen LogP contribution is 2.29. The van der Waals surface area contributed by atoms with Gasteiger partial charge in [-0.25, -0.2) is 0 Å². The van der Waals surface area contributed by atoms with Crippen LogP contribution in [0.25, 0.3) is 0 Å². The van der Waals surface area contributed by atoms with Gasteiger partial charge in [-0.2, -0.15) is 0 Å². The Labute approximate surface area is 102 Å². The molecule has 0 unspecified atom stereocenters. The molecule has 3 heteroatoms. The molecule has 1 N–H and O–H groups in total. The Bertz CT molecular complexity index is 370. The van der Waals surface area contributed by atoms with Crippen molar-refractivity contribution in [3.05, 3.63) is 23.3 Å². The highest BCUT2D eigenvalue weighted by Gasteiger charge is 2.13. The van der Waals surface area contributed by atoms with Crippen molar-refractivity contribution < 1.29 is 0 Å². The smallest absolute Gasteiger partial charge is 0.0408 e. The molecule has 0 aliphatic carbocycles. The topological polar surface area (TPSA) is 15.3 Å². The number of hydrogen-bond acceptors (Lipinski definition) is 3. The van der Waals surface area contributed by atoms with Crippen LogP contribution in [0.2, 0.25) is 0 Å². The first-order valence-electron chi connectivity index (χ1n) is 5.83. The van der Waals surface area contributed by atoms with Crippen molar-refractivity contribution in [2.75, 3.05) is 37.3 Å². The van der Waals surface area contributed by atoms with Gasteiger partial charge >= 0.3 is 0 Å². The second-order valence-corrected chi connectivity index (χ2v) is 5.19. The van der Waals surface area contributed by atoms with Crippen molar-refractivity contribution in [3.63, 3.8) is 0 Å². The van der Waals surface area contributed by atoms with Crippen molar-refractivity contribution in [3.8, 4) is 0 Å². The van der Waals surface area contributed by atoms with E-state index in [0.717, 1.165) is 26.2 Å². The number of hydrogen-bond donors (Lipinski definition) is 1. The predicted molar refractivity (Wildman–Crippen MR) is 72.8 cm³/mol. The molecule has 1 heterocycles. The van der Waals surface area contributed by atoms with Gasteiger partial charge in [0.05, 0.1) is 0 Å². The lowest BCUT2D eigenvalue weighted by Gasteiger charge is -2.31. The molecule has 1 aliphatic heterocycles. The van der Waals surface area contributed by atoms with Crippen LogP contribution < -0.4 is 10.2 Å². The molecular formula is C13H20N2S. The third-order valence-electron chi connectivity index (χ3n) is 3.17. The van der Waals surface area contributed by atoms with Crippen LogP contribution in [0.3, 0.4) is 0 Å². The quantitative estimate of drug-likeness (QED) is 0.794. The first-order chi connectivity index (χ1) is 7.72. The van der Waals surface area contributed by atoms with Crippen molar-refractivity contribution in [1.29, 1.82) is 0 Å². The van der Waals surface area contributed by atoms with E-state index in [1.54, 1.807) is 0 Å². The fraction of sp³-hybridized carbons (Fsp3) is 0.538. The molecule has 0 spiro atoms. The Balaban J connectivity index is 2.31. The Morgan fingerprint density at radius 3 is 2.44 bits per heavy atom. The standard InChI is InChI=1S/C13H20N2S/c1-10-8-11(2)13(16-3)9-12(10)15-6-4-14-5-7-15/h8-9,14H,4-7H2,1-3H3. The van der Waals surface area contributed by atoms with Gasteiger partial charge in [0.15, 0.2) is 0 Å². The summed E-state index contributed by atoms with van der Waals surface area (Å²) < 4.78 is 0. The summed E-state index contributed by atoms with van der Waals surface area (Å²) in [5.41, 5.74) is 4.21. The van der Waals surface area contributed by atoms with E-state index >= 15 is 0 Å². The summed E-state index contributed by atoms with van der Waals surface area (Å²) in [6.45, 7) is 8.86. The van der Waals surface area contributed by atoms with E-state index in [2.05, 4.69) is 42.5 Å². The van der Waals surface area contributed by atoms with Crippen LogP contribution in [-0.2, 0) is 0 Å². The van der Waals surface area contributed by atoms with Crippen LogP contribution in [0.15, 0.2) is 17.0 Å². The summed E-state index contributed by atoms with van der Waals surface area (Å²) in [7, 11) is 0. The van der Waals surface area contributed by atoms with Crippen LogP contribution in [0.4, 0.5) is 5.69 Å². The van der Waals surface area contributed by atoms with Gasteiger partial charge in [-0.1, -0.05) is 6.07 Å². The molecule has 0 bridgehead atoms. The minimum atomic E-state index is 1.10. The fourth-order valence-corrected chi connectivity index (χ4v) is 2.90. The highest BCUT2D eigenvalue weighted by molar-refractivity contribution is 7.98. The zero-order chi connectivity index (χ0) is 11.5. The van der Waals surface area contributed by atoms with Gasteiger partial charge in [0.1, 0.15) is 0 Å². The Morgan fingerprint density at radius 1 is 1.12 bits per heavy atom. The van der Waals surface area contributed by atoms with E-state index in [4.69, 9.17) is 0 Å². The molecule has 0 atom stereocenters. The Morgan fingerprint density at radius 2 is 1.81 bits per heavy atom. The summed E-state index contributed by atoms with van der Waals surface area (Å²) >= 11 is 1.84. The number of piperazine rings is 1. The maximum absolute atomic E-state index is 3.40. The molecule has 0 radical (unpaired) electrons. The summed E-state index contributed by atoms with van der Waals surface area (Å²) in [6, 6.07) is 4.66. The molecule has 0 saturated carbocycles. The fourth-order valence-electron chi connectivity index (χ4n) is 2.29. The van der Waals surface area contributed by atoms with Crippen LogP contribution in [0, 0.1) is 13.8 Å². The lowest BCUT2D eigenvalue weighted by atomic mass is 10.1. The summed E-state index contributed by atoms with van der Waals surface area (Å²) in [5, 5.41) is 3.40. The molecule has 2 rings (SSSR count). The molecule has 1 fully saturated rings. The van der Waals surface area contributed by atoms with Crippen LogP contribution in [0.5, 0.6) is 0 Å². The maximum atomic E-state index is 3.40. The largest absolute Gasteiger partial charge is 0.369 e. The van der Waals surface area contributed by atoms with E-state index in [-0.39, 0.29) is 0 Å². The second kappa shape index (κ2) is 5.11. The van der Waals surface area contributed by atoms with Gasteiger partial charge in [-0.3, -0.25) is 0 Å². The Kier molecular flexibility index (Phi) is 3.77. The van der Waals surface area contributed by atoms with Gasteiger partial charge in [-0.05, 0) is 37.3 Å². The second-order valence-electron chi connectivity index (χ2n) is 4.35. The molecule has 1 aromatic rings. The van der Waals surface area contributed by atoms with Crippen LogP contribution in [0.1, 0.15) is 11.1 Å². The van der Waals surface area contributed by atoms with Gasteiger partial charge in [0, 0.05) is 36.8 Å². The predicted octanol–water partition coefficient (Wildman–Crippen LogP) is 2.43. The highest BCUT2D eigenvalue weighted by atomic mass is 32.2. The van der Waals surface area contributed by atoms with Crippen LogP contribution in [-0.4, -0.2) is 32.4 Å². The van der Waals surface area contributed by atoms with E-state index in [9.17, 15) is 0 Å². The third-order valence-corrected chi connectivity index (χ3v) is 4.05. The number of rotatable bonds is 2. The number of nitrogens with zero attached hydrogens (tertiary/aromatic N) is 1. The molecule has 0 aromatic heterocycles. The van der Waals surface area contributed by atoms with Crippen molar-refractivity contribution in [1.82, 2.24) is 5.32 Å². The molecule has 2 nitrogen and oxygen atoms in total. The lowest BCUT2D eigenvalue weighted by Crippen LogP contribution is -2.43. The number of nitrogens with one attached hydrogen (secondary N) is 1. The monoisotopic (exact) mass is 236 g/mol. The van der Waals surface area contributed by atoms with E-state index in [1.165, 1.54) is 21.7 Å². The molecule has 0 amide bonds. The normalized spacial score (nSPS) is 16.6. The van der Waals surface area contributed by atoms with Gasteiger partial charge in [0.2, 0.25) is 0 Å². The zero-order valence-electron chi connectivity index (χ0n) is 10.3. The molecule has 16 heavy (non-hydrogen) atoms. The van der Waals surface area contributed by atoms with Gasteiger partial charge in [0.25, 0.3) is 0 Å². The van der Waals surface area contributed by atoms with Gasteiger partial charge < -0.3 is 10.2 Å². The first-order valence-corrected chi connectivity index (χ1v) is 7.05. The van der Waals surface area contributed by atoms with E-state index < -0.39 is 0 Å². The molecule has 1 aromatic carbocycles. The molecule has 1 aliphatic rings. The number of aryl methyl sites for hydroxylation is 2. The Hall–Kier alpha value is -0.670. The summed E-state index contributed by atoms with van der Waals surface area (Å²) in [4.78, 5) is 3.89. The zero-order valence-corrected chi connectivity index (χ0v) is 11.2. The number of thioether (sulfide) groups is 1. The van der Waals surface area contributed by atoms with E-state index in [0.29, 0.717) is 0 Å². The van der Waals surface area contributed by atoms with Crippen molar-refractivity contribution >= 4 is 17.4 Å². The SMILES string of the molecule is CSc1cc(N2CCNCC2)c(C)cc1C. The van der Waals surface area contributed by atoms with E-state index in [1.807, 2.05) is 11.8 Å². The minimum absolute atomic E-state index is 1.10. The number of benzene rings is 1. The first kappa shape index (κ1) is 11.8. The molecular weight excluding hydrogens is 216 g/mol. The molecule has 1 saturated heterocycles. The number of anilines is 1. The maximum Gasteiger partial charge on any atom is 0.0408 e. The lowest BCUT2D eigenvalue weighted by molar-refractivity contribution is 0.588. The average molecular weight is 236 g/mol.